The van der Waals surface area contributed by atoms with Crippen LogP contribution in [0, 0.1) is 0 Å². The lowest BCUT2D eigenvalue weighted by atomic mass is 10.1. The summed E-state index contributed by atoms with van der Waals surface area (Å²) < 4.78 is 13.1. The number of hydrogen-bond acceptors (Lipinski definition) is 8. The number of aromatic hydroxyl groups is 2. The highest BCUT2D eigenvalue weighted by Gasteiger charge is 2.18. The van der Waals surface area contributed by atoms with Gasteiger partial charge in [-0.25, -0.2) is 0 Å². The number of halogens is 1. The molecule has 0 fully saturated rings. The summed E-state index contributed by atoms with van der Waals surface area (Å²) in [7, 11) is 0. The second-order valence-electron chi connectivity index (χ2n) is 6.72. The number of phenols is 2. The molecule has 164 valence electrons. The molecule has 0 spiro atoms. The minimum absolute atomic E-state index is 0.0205. The molecule has 2 N–H and O–H groups in total. The van der Waals surface area contributed by atoms with E-state index in [1.807, 2.05) is 10.6 Å². The van der Waals surface area contributed by atoms with Crippen LogP contribution in [0.5, 0.6) is 17.2 Å². The Labute approximate surface area is 192 Å². The number of aromatic nitrogens is 3. The molecule has 8 nitrogen and oxygen atoms in total. The van der Waals surface area contributed by atoms with Crippen LogP contribution in [0.25, 0.3) is 0 Å². The minimum Gasteiger partial charge on any atom is -0.508 e. The molecule has 0 aliphatic rings. The predicted octanol–water partition coefficient (Wildman–Crippen LogP) is 4.54. The van der Waals surface area contributed by atoms with E-state index in [1.165, 1.54) is 23.9 Å². The molecule has 2 heterocycles. The fourth-order valence-electron chi connectivity index (χ4n) is 2.89. The number of benzene rings is 2. The lowest BCUT2D eigenvalue weighted by Gasteiger charge is -2.10. The number of rotatable bonds is 9. The normalized spacial score (nSPS) is 10.9. The monoisotopic (exact) mass is 471 g/mol. The van der Waals surface area contributed by atoms with Gasteiger partial charge in [-0.3, -0.25) is 9.36 Å². The molecule has 0 atom stereocenters. The van der Waals surface area contributed by atoms with Gasteiger partial charge in [-0.05, 0) is 48.5 Å². The van der Waals surface area contributed by atoms with Crippen LogP contribution in [0.2, 0.25) is 5.02 Å². The molecule has 4 aromatic rings. The van der Waals surface area contributed by atoms with Crippen molar-refractivity contribution in [1.29, 1.82) is 0 Å². The third-order valence-corrected chi connectivity index (χ3v) is 5.70. The van der Waals surface area contributed by atoms with Crippen LogP contribution in [-0.4, -0.2) is 36.5 Å². The smallest absolute Gasteiger partial charge is 0.192 e. The average molecular weight is 472 g/mol. The largest absolute Gasteiger partial charge is 0.508 e. The highest BCUT2D eigenvalue weighted by atomic mass is 35.5. The van der Waals surface area contributed by atoms with Gasteiger partial charge in [0.05, 0.1) is 24.1 Å². The van der Waals surface area contributed by atoms with E-state index in [4.69, 9.17) is 20.8 Å². The van der Waals surface area contributed by atoms with E-state index in [9.17, 15) is 15.0 Å². The fraction of sp³-hybridized carbons (Fsp3) is 0.136. The molecule has 2 aromatic heterocycles. The highest BCUT2D eigenvalue weighted by Crippen LogP contribution is 2.26. The van der Waals surface area contributed by atoms with Gasteiger partial charge in [0.15, 0.2) is 16.8 Å². The lowest BCUT2D eigenvalue weighted by Crippen LogP contribution is -2.10. The van der Waals surface area contributed by atoms with E-state index in [0.29, 0.717) is 34.1 Å². The summed E-state index contributed by atoms with van der Waals surface area (Å²) in [5, 5.41) is 28.9. The number of ketones is 1. The van der Waals surface area contributed by atoms with Crippen molar-refractivity contribution in [3.63, 3.8) is 0 Å². The Balaban J connectivity index is 1.50. The molecular formula is C22H18ClN3O5S. The van der Waals surface area contributed by atoms with Crippen molar-refractivity contribution in [2.45, 2.75) is 18.3 Å². The van der Waals surface area contributed by atoms with Crippen molar-refractivity contribution in [3.05, 3.63) is 83.0 Å². The molecule has 4 rings (SSSR count). The maximum absolute atomic E-state index is 12.5. The highest BCUT2D eigenvalue weighted by molar-refractivity contribution is 7.99. The minimum atomic E-state index is -0.306. The van der Waals surface area contributed by atoms with Gasteiger partial charge >= 0.3 is 0 Å². The number of phenolic OH excluding ortho intramolecular Hbond substituents is 2. The quantitative estimate of drug-likeness (QED) is 0.270. The second kappa shape index (κ2) is 9.80. The summed E-state index contributed by atoms with van der Waals surface area (Å²) in [6, 6.07) is 14.5. The molecule has 0 aliphatic carbocycles. The van der Waals surface area contributed by atoms with Crippen LogP contribution in [0.15, 0.2) is 70.4 Å². The maximum atomic E-state index is 12.5. The third kappa shape index (κ3) is 5.24. The van der Waals surface area contributed by atoms with Gasteiger partial charge in [0, 0.05) is 11.1 Å². The summed E-state index contributed by atoms with van der Waals surface area (Å²) in [6.45, 7) is 0.517. The van der Waals surface area contributed by atoms with Crippen LogP contribution in [0.3, 0.4) is 0 Å². The van der Waals surface area contributed by atoms with Crippen LogP contribution < -0.4 is 4.74 Å². The van der Waals surface area contributed by atoms with Gasteiger partial charge in [0.2, 0.25) is 0 Å². The Morgan fingerprint density at radius 3 is 2.66 bits per heavy atom. The molecule has 0 saturated heterocycles. The molecule has 0 saturated carbocycles. The van der Waals surface area contributed by atoms with E-state index < -0.39 is 0 Å². The van der Waals surface area contributed by atoms with Gasteiger partial charge in [-0.15, -0.1) is 10.2 Å². The van der Waals surface area contributed by atoms with Gasteiger partial charge in [0.25, 0.3) is 0 Å². The number of nitrogens with zero attached hydrogens (tertiary/aromatic N) is 3. The van der Waals surface area contributed by atoms with E-state index >= 15 is 0 Å². The first-order valence-corrected chi connectivity index (χ1v) is 10.9. The maximum Gasteiger partial charge on any atom is 0.192 e. The molecule has 0 bridgehead atoms. The number of carbonyl (C=O) groups is 1. The number of furan rings is 1. The Morgan fingerprint density at radius 1 is 1.12 bits per heavy atom. The number of ether oxygens (including phenoxy) is 1. The summed E-state index contributed by atoms with van der Waals surface area (Å²) in [5.41, 5.74) is 0.124. The third-order valence-electron chi connectivity index (χ3n) is 4.48. The van der Waals surface area contributed by atoms with Crippen molar-refractivity contribution in [1.82, 2.24) is 14.8 Å². The topological polar surface area (TPSA) is 111 Å². The van der Waals surface area contributed by atoms with Crippen molar-refractivity contribution in [2.24, 2.45) is 0 Å². The summed E-state index contributed by atoms with van der Waals surface area (Å²) in [6.07, 6.45) is 1.58. The summed E-state index contributed by atoms with van der Waals surface area (Å²) in [4.78, 5) is 12.5. The van der Waals surface area contributed by atoms with Crippen molar-refractivity contribution < 1.29 is 24.2 Å². The van der Waals surface area contributed by atoms with Gasteiger partial charge in [-0.2, -0.15) is 0 Å². The molecule has 2 aromatic carbocycles. The lowest BCUT2D eigenvalue weighted by molar-refractivity contribution is 0.102. The zero-order valence-corrected chi connectivity index (χ0v) is 18.2. The Bertz CT molecular complexity index is 1210. The van der Waals surface area contributed by atoms with Gasteiger partial charge in [-0.1, -0.05) is 23.4 Å². The van der Waals surface area contributed by atoms with Gasteiger partial charge < -0.3 is 19.4 Å². The first kappa shape index (κ1) is 21.8. The zero-order valence-electron chi connectivity index (χ0n) is 16.6. The molecule has 32 heavy (non-hydrogen) atoms. The van der Waals surface area contributed by atoms with Gasteiger partial charge in [0.1, 0.15) is 29.6 Å². The standard InChI is InChI=1S/C22H18ClN3O5S/c23-14-3-6-16(7-4-14)31-12-21-24-25-22(26(21)11-17-2-1-9-30-17)32-13-20(29)18-8-5-15(27)10-19(18)28/h1-10,27-28H,11-13H2. The molecule has 0 aliphatic heterocycles. The van der Waals surface area contributed by atoms with E-state index in [-0.39, 0.29) is 35.2 Å². The first-order chi connectivity index (χ1) is 15.5. The molecule has 0 radical (unpaired) electrons. The molecule has 0 unspecified atom stereocenters. The van der Waals surface area contributed by atoms with Crippen molar-refractivity contribution in [2.75, 3.05) is 5.75 Å². The van der Waals surface area contributed by atoms with E-state index in [0.717, 1.165) is 6.07 Å². The van der Waals surface area contributed by atoms with Crippen LogP contribution in [0.1, 0.15) is 21.9 Å². The van der Waals surface area contributed by atoms with Crippen LogP contribution >= 0.6 is 23.4 Å². The predicted molar refractivity (Wildman–Crippen MR) is 118 cm³/mol. The zero-order chi connectivity index (χ0) is 22.5. The number of carbonyl (C=O) groups excluding carboxylic acids is 1. The molecule has 0 amide bonds. The number of Topliss-reactive ketones (excluding diaryl/α,β-unsaturated/α-hetero) is 1. The first-order valence-electron chi connectivity index (χ1n) is 9.50. The average Bonchev–Trinajstić information content (AvgIpc) is 3.42. The SMILES string of the molecule is O=C(CSc1nnc(COc2ccc(Cl)cc2)n1Cc1ccco1)c1ccc(O)cc1O. The van der Waals surface area contributed by atoms with E-state index in [2.05, 4.69) is 10.2 Å². The summed E-state index contributed by atoms with van der Waals surface area (Å²) in [5.74, 6) is 1.21. The van der Waals surface area contributed by atoms with E-state index in [1.54, 1.807) is 36.6 Å². The van der Waals surface area contributed by atoms with Crippen molar-refractivity contribution in [3.8, 4) is 17.2 Å². The van der Waals surface area contributed by atoms with Crippen molar-refractivity contribution >= 4 is 29.1 Å². The number of hydrogen-bond donors (Lipinski definition) is 2. The molecular weight excluding hydrogens is 454 g/mol. The summed E-state index contributed by atoms with van der Waals surface area (Å²) >= 11 is 7.09. The Hall–Kier alpha value is -3.43. The Morgan fingerprint density at radius 2 is 1.94 bits per heavy atom. The van der Waals surface area contributed by atoms with Crippen LogP contribution in [0.4, 0.5) is 0 Å². The Kier molecular flexibility index (Phi) is 6.67. The fourth-order valence-corrected chi connectivity index (χ4v) is 3.86. The number of thioether (sulfide) groups is 1. The second-order valence-corrected chi connectivity index (χ2v) is 8.10. The molecule has 10 heteroatoms. The van der Waals surface area contributed by atoms with Crippen LogP contribution in [-0.2, 0) is 13.2 Å².